The highest BCUT2D eigenvalue weighted by atomic mass is 127. The zero-order valence-electron chi connectivity index (χ0n) is 11.2. The Morgan fingerprint density at radius 3 is 2.27 bits per heavy atom. The largest absolute Gasteiger partial charge is 0.368 e. The van der Waals surface area contributed by atoms with E-state index >= 15 is 0 Å². The van der Waals surface area contributed by atoms with E-state index in [0.717, 1.165) is 4.31 Å². The molecule has 8 heteroatoms. The van der Waals surface area contributed by atoms with Crippen LogP contribution < -0.4 is 10.0 Å². The summed E-state index contributed by atoms with van der Waals surface area (Å²) in [6.45, 7) is -0.440. The molecule has 0 unspecified atom stereocenters. The first kappa shape index (κ1) is 17.0. The predicted molar refractivity (Wildman–Crippen MR) is 94.3 cm³/mol. The number of sulfonamides is 1. The van der Waals surface area contributed by atoms with Gasteiger partial charge < -0.3 is 5.73 Å². The summed E-state index contributed by atoms with van der Waals surface area (Å²) in [5.74, 6) is -0.739. The Bertz CT molecular complexity index is 794. The van der Waals surface area contributed by atoms with Crippen LogP contribution in [0, 0.1) is 3.57 Å². The Hall–Kier alpha value is -1.32. The van der Waals surface area contributed by atoms with Crippen LogP contribution in [0.1, 0.15) is 0 Å². The highest BCUT2D eigenvalue weighted by Crippen LogP contribution is 2.28. The van der Waals surface area contributed by atoms with Gasteiger partial charge in [-0.2, -0.15) is 0 Å². The Kier molecular flexibility index (Phi) is 5.30. The van der Waals surface area contributed by atoms with E-state index in [1.807, 2.05) is 22.6 Å². The first-order valence-corrected chi connectivity index (χ1v) is 9.03. The Balaban J connectivity index is 2.56. The third-order valence-corrected chi connectivity index (χ3v) is 5.76. The molecule has 2 rings (SSSR count). The van der Waals surface area contributed by atoms with Gasteiger partial charge in [0.1, 0.15) is 6.54 Å². The average Bonchev–Trinajstić information content (AvgIpc) is 2.46. The van der Waals surface area contributed by atoms with Crippen LogP contribution in [0.4, 0.5) is 5.69 Å². The summed E-state index contributed by atoms with van der Waals surface area (Å²) in [5, 5.41) is 0.426. The topological polar surface area (TPSA) is 80.5 Å². The van der Waals surface area contributed by atoms with Crippen LogP contribution in [0.2, 0.25) is 5.02 Å². The minimum absolute atomic E-state index is 0.0396. The van der Waals surface area contributed by atoms with Crippen molar-refractivity contribution in [2.24, 2.45) is 5.73 Å². The number of carbonyl (C=O) groups excluding carboxylic acids is 1. The lowest BCUT2D eigenvalue weighted by Gasteiger charge is -2.24. The van der Waals surface area contributed by atoms with Gasteiger partial charge in [-0.05, 0) is 59.0 Å². The van der Waals surface area contributed by atoms with Crippen LogP contribution in [-0.4, -0.2) is 20.9 Å². The molecule has 0 aromatic heterocycles. The van der Waals surface area contributed by atoms with Gasteiger partial charge in [0, 0.05) is 8.59 Å². The molecule has 0 aliphatic rings. The molecule has 0 fully saturated rings. The molecular formula is C14H12ClIN2O3S. The number of benzene rings is 2. The number of primary amides is 1. The standard InChI is InChI=1S/C14H12ClIN2O3S/c15-10-5-7-11(8-6-10)22(20,21)18(9-14(17)19)13-4-2-1-3-12(13)16/h1-8H,9H2,(H2,17,19). The summed E-state index contributed by atoms with van der Waals surface area (Å²) in [7, 11) is -3.92. The SMILES string of the molecule is NC(=O)CN(c1ccccc1I)S(=O)(=O)c1ccc(Cl)cc1. The minimum atomic E-state index is -3.92. The molecule has 0 aliphatic carbocycles. The number of nitrogens with two attached hydrogens (primary N) is 1. The van der Waals surface area contributed by atoms with Crippen molar-refractivity contribution < 1.29 is 13.2 Å². The van der Waals surface area contributed by atoms with Crippen molar-refractivity contribution in [3.8, 4) is 0 Å². The molecule has 22 heavy (non-hydrogen) atoms. The van der Waals surface area contributed by atoms with Gasteiger partial charge in [0.25, 0.3) is 10.0 Å². The maximum Gasteiger partial charge on any atom is 0.264 e. The second-order valence-corrected chi connectivity index (χ2v) is 7.84. The van der Waals surface area contributed by atoms with Gasteiger partial charge in [-0.1, -0.05) is 23.7 Å². The Morgan fingerprint density at radius 1 is 1.14 bits per heavy atom. The molecule has 0 atom stereocenters. The molecule has 0 saturated carbocycles. The Labute approximate surface area is 147 Å². The van der Waals surface area contributed by atoms with E-state index in [4.69, 9.17) is 17.3 Å². The fraction of sp³-hybridized carbons (Fsp3) is 0.0714. The van der Waals surface area contributed by atoms with Crippen LogP contribution in [-0.2, 0) is 14.8 Å². The quantitative estimate of drug-likeness (QED) is 0.711. The first-order chi connectivity index (χ1) is 10.3. The molecule has 0 saturated heterocycles. The number of hydrogen-bond acceptors (Lipinski definition) is 3. The van der Waals surface area contributed by atoms with Crippen LogP contribution in [0.25, 0.3) is 0 Å². The van der Waals surface area contributed by atoms with Crippen LogP contribution in [0.15, 0.2) is 53.4 Å². The molecule has 0 spiro atoms. The van der Waals surface area contributed by atoms with Crippen LogP contribution in [0.3, 0.4) is 0 Å². The third-order valence-electron chi connectivity index (χ3n) is 2.82. The highest BCUT2D eigenvalue weighted by molar-refractivity contribution is 14.1. The monoisotopic (exact) mass is 450 g/mol. The van der Waals surface area contributed by atoms with E-state index in [0.29, 0.717) is 14.3 Å². The maximum absolute atomic E-state index is 12.8. The number of amides is 1. The van der Waals surface area contributed by atoms with E-state index in [1.54, 1.807) is 24.3 Å². The van der Waals surface area contributed by atoms with Crippen molar-refractivity contribution in [2.45, 2.75) is 4.90 Å². The summed E-state index contributed by atoms with van der Waals surface area (Å²) < 4.78 is 27.3. The lowest BCUT2D eigenvalue weighted by molar-refractivity contribution is -0.116. The smallest absolute Gasteiger partial charge is 0.264 e. The number of anilines is 1. The van der Waals surface area contributed by atoms with Gasteiger partial charge in [0.05, 0.1) is 10.6 Å². The fourth-order valence-electron chi connectivity index (χ4n) is 1.83. The predicted octanol–water partition coefficient (Wildman–Crippen LogP) is 2.63. The minimum Gasteiger partial charge on any atom is -0.368 e. The number of carbonyl (C=O) groups is 1. The number of para-hydroxylation sites is 1. The molecule has 0 radical (unpaired) electrons. The lowest BCUT2D eigenvalue weighted by atomic mass is 10.3. The van der Waals surface area contributed by atoms with Crippen molar-refractivity contribution in [1.29, 1.82) is 0 Å². The van der Waals surface area contributed by atoms with Crippen LogP contribution >= 0.6 is 34.2 Å². The molecular weight excluding hydrogens is 439 g/mol. The number of nitrogens with zero attached hydrogens (tertiary/aromatic N) is 1. The molecule has 0 bridgehead atoms. The average molecular weight is 451 g/mol. The zero-order valence-corrected chi connectivity index (χ0v) is 15.0. The van der Waals surface area contributed by atoms with Gasteiger partial charge in [-0.3, -0.25) is 9.10 Å². The molecule has 1 amide bonds. The number of rotatable bonds is 5. The molecule has 116 valence electrons. The number of hydrogen-bond donors (Lipinski definition) is 1. The van der Waals surface area contributed by atoms with E-state index < -0.39 is 22.5 Å². The molecule has 2 aromatic carbocycles. The van der Waals surface area contributed by atoms with Gasteiger partial charge in [-0.25, -0.2) is 8.42 Å². The molecule has 5 nitrogen and oxygen atoms in total. The second kappa shape index (κ2) is 6.84. The Morgan fingerprint density at radius 2 is 1.73 bits per heavy atom. The normalized spacial score (nSPS) is 11.2. The van der Waals surface area contributed by atoms with Gasteiger partial charge in [0.15, 0.2) is 0 Å². The zero-order chi connectivity index (χ0) is 16.3. The summed E-state index contributed by atoms with van der Waals surface area (Å²) in [4.78, 5) is 11.4. The van der Waals surface area contributed by atoms with Crippen molar-refractivity contribution >= 4 is 55.8 Å². The summed E-state index contributed by atoms with van der Waals surface area (Å²) in [6, 6.07) is 12.6. The van der Waals surface area contributed by atoms with Crippen molar-refractivity contribution in [2.75, 3.05) is 10.8 Å². The summed E-state index contributed by atoms with van der Waals surface area (Å²) >= 11 is 7.79. The van der Waals surface area contributed by atoms with Gasteiger partial charge >= 0.3 is 0 Å². The highest BCUT2D eigenvalue weighted by Gasteiger charge is 2.27. The van der Waals surface area contributed by atoms with E-state index in [9.17, 15) is 13.2 Å². The molecule has 2 N–H and O–H groups in total. The van der Waals surface area contributed by atoms with Crippen molar-refractivity contribution in [3.05, 3.63) is 57.1 Å². The van der Waals surface area contributed by atoms with Crippen molar-refractivity contribution in [1.82, 2.24) is 0 Å². The van der Waals surface area contributed by atoms with E-state index in [2.05, 4.69) is 0 Å². The third kappa shape index (κ3) is 3.71. The first-order valence-electron chi connectivity index (χ1n) is 6.13. The number of halogens is 2. The van der Waals surface area contributed by atoms with Crippen molar-refractivity contribution in [3.63, 3.8) is 0 Å². The van der Waals surface area contributed by atoms with Gasteiger partial charge in [0.2, 0.25) is 5.91 Å². The van der Waals surface area contributed by atoms with Crippen LogP contribution in [0.5, 0.6) is 0 Å². The fourth-order valence-corrected chi connectivity index (χ4v) is 4.25. The summed E-state index contributed by atoms with van der Waals surface area (Å²) in [6.07, 6.45) is 0. The molecule has 0 aliphatic heterocycles. The summed E-state index contributed by atoms with van der Waals surface area (Å²) in [5.41, 5.74) is 5.61. The molecule has 0 heterocycles. The van der Waals surface area contributed by atoms with E-state index in [-0.39, 0.29) is 4.90 Å². The second-order valence-electron chi connectivity index (χ2n) is 4.38. The lowest BCUT2D eigenvalue weighted by Crippen LogP contribution is -2.39. The molecule has 2 aromatic rings. The maximum atomic E-state index is 12.8. The van der Waals surface area contributed by atoms with Gasteiger partial charge in [-0.15, -0.1) is 0 Å². The van der Waals surface area contributed by atoms with E-state index in [1.165, 1.54) is 24.3 Å².